The van der Waals surface area contributed by atoms with Crippen molar-refractivity contribution in [3.8, 4) is 0 Å². The van der Waals surface area contributed by atoms with Gasteiger partial charge in [-0.25, -0.2) is 4.98 Å². The molecule has 112 valence electrons. The van der Waals surface area contributed by atoms with Crippen LogP contribution in [-0.4, -0.2) is 23.1 Å². The van der Waals surface area contributed by atoms with E-state index in [4.69, 9.17) is 5.73 Å². The Morgan fingerprint density at radius 3 is 2.40 bits per heavy atom. The van der Waals surface area contributed by atoms with E-state index in [-0.39, 0.29) is 24.8 Å². The number of nitrogen functional groups attached to an aromatic ring is 1. The van der Waals surface area contributed by atoms with Gasteiger partial charge in [-0.3, -0.25) is 4.79 Å². The van der Waals surface area contributed by atoms with E-state index in [0.717, 1.165) is 11.3 Å². The zero-order valence-electron chi connectivity index (χ0n) is 11.0. The number of aryl methyl sites for hydroxylation is 1. The maximum atomic E-state index is 12.5. The second-order valence-electron chi connectivity index (χ2n) is 5.03. The fourth-order valence-electron chi connectivity index (χ4n) is 2.44. The number of rotatable bonds is 2. The molecule has 1 fully saturated rings. The molecular formula is C12H16F3N3OS. The zero-order valence-corrected chi connectivity index (χ0v) is 11.8. The number of hydrogen-bond acceptors (Lipinski definition) is 4. The van der Waals surface area contributed by atoms with Crippen LogP contribution in [0.15, 0.2) is 0 Å². The van der Waals surface area contributed by atoms with Crippen molar-refractivity contribution in [3.63, 3.8) is 0 Å². The van der Waals surface area contributed by atoms with Gasteiger partial charge in [0, 0.05) is 6.04 Å². The Morgan fingerprint density at radius 2 is 1.95 bits per heavy atom. The fraction of sp³-hybridized carbons (Fsp3) is 0.667. The number of alkyl halides is 3. The molecule has 0 atom stereocenters. The molecule has 4 nitrogen and oxygen atoms in total. The van der Waals surface area contributed by atoms with E-state index in [1.54, 1.807) is 6.92 Å². The zero-order chi connectivity index (χ0) is 14.9. The monoisotopic (exact) mass is 307 g/mol. The average molecular weight is 307 g/mol. The number of carbonyl (C=O) groups excluding carboxylic acids is 1. The van der Waals surface area contributed by atoms with Crippen LogP contribution in [0.2, 0.25) is 0 Å². The Morgan fingerprint density at radius 1 is 1.35 bits per heavy atom. The van der Waals surface area contributed by atoms with Gasteiger partial charge in [-0.2, -0.15) is 13.2 Å². The molecule has 1 aromatic heterocycles. The molecule has 1 aliphatic rings. The third-order valence-corrected chi connectivity index (χ3v) is 4.53. The van der Waals surface area contributed by atoms with Gasteiger partial charge in [-0.15, -0.1) is 0 Å². The first kappa shape index (κ1) is 15.1. The van der Waals surface area contributed by atoms with Gasteiger partial charge in [-0.1, -0.05) is 11.3 Å². The molecule has 8 heteroatoms. The third kappa shape index (κ3) is 3.41. The summed E-state index contributed by atoms with van der Waals surface area (Å²) in [6, 6.07) is -0.205. The molecule has 0 bridgehead atoms. The summed E-state index contributed by atoms with van der Waals surface area (Å²) < 4.78 is 37.6. The molecule has 0 saturated heterocycles. The van der Waals surface area contributed by atoms with Gasteiger partial charge in [0.15, 0.2) is 5.13 Å². The minimum atomic E-state index is -4.13. The topological polar surface area (TPSA) is 68.0 Å². The summed E-state index contributed by atoms with van der Waals surface area (Å²) in [7, 11) is 0. The van der Waals surface area contributed by atoms with Gasteiger partial charge >= 0.3 is 6.18 Å². The summed E-state index contributed by atoms with van der Waals surface area (Å²) in [6.07, 6.45) is -3.29. The number of hydrogen-bond donors (Lipinski definition) is 2. The predicted octanol–water partition coefficient (Wildman–Crippen LogP) is 2.88. The van der Waals surface area contributed by atoms with Crippen LogP contribution in [0.1, 0.15) is 41.0 Å². The number of aromatic nitrogens is 1. The minimum Gasteiger partial charge on any atom is -0.375 e. The summed E-state index contributed by atoms with van der Waals surface area (Å²) in [5.74, 6) is -1.54. The maximum Gasteiger partial charge on any atom is 0.391 e. The van der Waals surface area contributed by atoms with E-state index in [1.807, 2.05) is 0 Å². The second kappa shape index (κ2) is 5.59. The number of halogens is 3. The molecule has 0 spiro atoms. The van der Waals surface area contributed by atoms with Crippen molar-refractivity contribution < 1.29 is 18.0 Å². The smallest absolute Gasteiger partial charge is 0.375 e. The number of nitrogens with one attached hydrogen (secondary N) is 1. The Kier molecular flexibility index (Phi) is 4.22. The normalized spacial score (nSPS) is 23.6. The first-order valence-electron chi connectivity index (χ1n) is 6.38. The molecular weight excluding hydrogens is 291 g/mol. The molecule has 20 heavy (non-hydrogen) atoms. The average Bonchev–Trinajstić information content (AvgIpc) is 2.68. The van der Waals surface area contributed by atoms with Gasteiger partial charge in [0.05, 0.1) is 11.6 Å². The largest absolute Gasteiger partial charge is 0.391 e. The van der Waals surface area contributed by atoms with Crippen LogP contribution in [0.4, 0.5) is 18.3 Å². The lowest BCUT2D eigenvalue weighted by molar-refractivity contribution is -0.182. The van der Waals surface area contributed by atoms with Crippen molar-refractivity contribution >= 4 is 22.4 Å². The van der Waals surface area contributed by atoms with Crippen LogP contribution in [0.3, 0.4) is 0 Å². The molecule has 1 saturated carbocycles. The molecule has 2 rings (SSSR count). The molecule has 3 N–H and O–H groups in total. The molecule has 0 radical (unpaired) electrons. The van der Waals surface area contributed by atoms with E-state index in [9.17, 15) is 18.0 Å². The number of nitrogens with two attached hydrogens (primary N) is 1. The van der Waals surface area contributed by atoms with Crippen LogP contribution < -0.4 is 11.1 Å². The highest BCUT2D eigenvalue weighted by molar-refractivity contribution is 7.17. The Hall–Kier alpha value is -1.31. The highest BCUT2D eigenvalue weighted by Crippen LogP contribution is 2.37. The van der Waals surface area contributed by atoms with E-state index >= 15 is 0 Å². The predicted molar refractivity (Wildman–Crippen MR) is 70.5 cm³/mol. The number of thiazole rings is 1. The first-order valence-corrected chi connectivity index (χ1v) is 7.19. The second-order valence-corrected chi connectivity index (χ2v) is 6.06. The van der Waals surface area contributed by atoms with Crippen molar-refractivity contribution in [1.82, 2.24) is 10.3 Å². The summed E-state index contributed by atoms with van der Waals surface area (Å²) in [4.78, 5) is 16.4. The summed E-state index contributed by atoms with van der Waals surface area (Å²) in [6.45, 7) is 1.68. The van der Waals surface area contributed by atoms with Crippen LogP contribution >= 0.6 is 11.3 Å². The number of anilines is 1. The summed E-state index contributed by atoms with van der Waals surface area (Å²) in [5, 5.41) is 3.08. The number of carbonyl (C=O) groups is 1. The third-order valence-electron chi connectivity index (χ3n) is 3.54. The van der Waals surface area contributed by atoms with Crippen molar-refractivity contribution in [2.24, 2.45) is 5.92 Å². The Bertz CT molecular complexity index is 493. The van der Waals surface area contributed by atoms with E-state index in [1.165, 1.54) is 0 Å². The van der Waals surface area contributed by atoms with Gasteiger partial charge in [-0.05, 0) is 32.6 Å². The van der Waals surface area contributed by atoms with E-state index < -0.39 is 12.1 Å². The Labute approximate surface area is 118 Å². The van der Waals surface area contributed by atoms with E-state index in [2.05, 4.69) is 10.3 Å². The molecule has 1 heterocycles. The first-order chi connectivity index (χ1) is 9.27. The quantitative estimate of drug-likeness (QED) is 0.883. The summed E-state index contributed by atoms with van der Waals surface area (Å²) in [5.41, 5.74) is 6.07. The molecule has 0 aliphatic heterocycles. The SMILES string of the molecule is Cc1nc(N)sc1C(=O)NC1CCC(C(F)(F)F)CC1. The van der Waals surface area contributed by atoms with Crippen LogP contribution in [0.5, 0.6) is 0 Å². The van der Waals surface area contributed by atoms with Crippen LogP contribution in [0, 0.1) is 12.8 Å². The number of amides is 1. The van der Waals surface area contributed by atoms with Gasteiger partial charge in [0.2, 0.25) is 0 Å². The summed E-state index contributed by atoms with van der Waals surface area (Å²) >= 11 is 1.09. The fourth-order valence-corrected chi connectivity index (χ4v) is 3.18. The van der Waals surface area contributed by atoms with Crippen molar-refractivity contribution in [1.29, 1.82) is 0 Å². The number of nitrogens with zero attached hydrogens (tertiary/aromatic N) is 1. The molecule has 1 amide bonds. The van der Waals surface area contributed by atoms with Gasteiger partial charge in [0.1, 0.15) is 4.88 Å². The molecule has 0 unspecified atom stereocenters. The lowest BCUT2D eigenvalue weighted by atomic mass is 9.85. The molecule has 1 aromatic rings. The Balaban J connectivity index is 1.90. The van der Waals surface area contributed by atoms with Crippen LogP contribution in [-0.2, 0) is 0 Å². The van der Waals surface area contributed by atoms with E-state index in [0.29, 0.717) is 28.5 Å². The van der Waals surface area contributed by atoms with Gasteiger partial charge < -0.3 is 11.1 Å². The van der Waals surface area contributed by atoms with Crippen molar-refractivity contribution in [2.75, 3.05) is 5.73 Å². The molecule has 0 aromatic carbocycles. The highest BCUT2D eigenvalue weighted by atomic mass is 32.1. The van der Waals surface area contributed by atoms with Gasteiger partial charge in [0.25, 0.3) is 5.91 Å². The van der Waals surface area contributed by atoms with Crippen LogP contribution in [0.25, 0.3) is 0 Å². The minimum absolute atomic E-state index is 0.0677. The van der Waals surface area contributed by atoms with Crippen molar-refractivity contribution in [2.45, 2.75) is 44.8 Å². The lowest BCUT2D eigenvalue weighted by Crippen LogP contribution is -2.40. The van der Waals surface area contributed by atoms with Crippen molar-refractivity contribution in [3.05, 3.63) is 10.6 Å². The standard InChI is InChI=1S/C12H16F3N3OS/c1-6-9(20-11(16)17-6)10(19)18-8-4-2-7(3-5-8)12(13,14)15/h7-8H,2-5H2,1H3,(H2,16,17)(H,18,19). The maximum absolute atomic E-state index is 12.5. The highest BCUT2D eigenvalue weighted by Gasteiger charge is 2.41. The lowest BCUT2D eigenvalue weighted by Gasteiger charge is -2.30. The molecule has 1 aliphatic carbocycles.